The van der Waals surface area contributed by atoms with Gasteiger partial charge in [0.25, 0.3) is 11.8 Å². The Morgan fingerprint density at radius 3 is 2.84 bits per heavy atom. The van der Waals surface area contributed by atoms with Crippen LogP contribution in [0.25, 0.3) is 0 Å². The zero-order chi connectivity index (χ0) is 21.8. The van der Waals surface area contributed by atoms with Crippen LogP contribution in [0.3, 0.4) is 0 Å². The second kappa shape index (κ2) is 10.6. The Balaban J connectivity index is 0.00000341. The SMILES string of the molecule is CO/N=C(/C(=O)N[C@@H]1C(=O)N2C(C(=O)[O-])=C(CO/C(N)=N\O)CS[C@@H]12)c1ccco1.[Na+]. The molecule has 0 bridgehead atoms. The molecule has 2 aliphatic heterocycles. The van der Waals surface area contributed by atoms with E-state index in [2.05, 4.69) is 20.5 Å². The van der Waals surface area contributed by atoms with Crippen molar-refractivity contribution in [3.63, 3.8) is 0 Å². The molecular weight excluding hydrogens is 445 g/mol. The van der Waals surface area contributed by atoms with Gasteiger partial charge >= 0.3 is 35.6 Å². The van der Waals surface area contributed by atoms with Crippen molar-refractivity contribution in [2.24, 2.45) is 16.0 Å². The Bertz CT molecular complexity index is 948. The monoisotopic (exact) mass is 461 g/mol. The maximum atomic E-state index is 12.6. The number of amides is 2. The number of oxime groups is 2. The first-order valence-electron chi connectivity index (χ1n) is 8.33. The minimum atomic E-state index is -1.59. The summed E-state index contributed by atoms with van der Waals surface area (Å²) in [6.07, 6.45) is 1.34. The summed E-state index contributed by atoms with van der Waals surface area (Å²) in [5, 5.41) is 28.2. The molecule has 1 aromatic heterocycles. The third kappa shape index (κ3) is 4.98. The molecular formula is C16H16N5NaO8S. The molecule has 1 saturated heterocycles. The largest absolute Gasteiger partial charge is 1.00 e. The van der Waals surface area contributed by atoms with Gasteiger partial charge in [-0.05, 0) is 17.3 Å². The molecule has 4 N–H and O–H groups in total. The topological polar surface area (TPSA) is 192 Å². The molecule has 0 radical (unpaired) electrons. The van der Waals surface area contributed by atoms with Crippen LogP contribution in [-0.4, -0.2) is 70.5 Å². The zero-order valence-corrected chi connectivity index (χ0v) is 19.2. The molecule has 0 saturated carbocycles. The smallest absolute Gasteiger partial charge is 0.543 e. The van der Waals surface area contributed by atoms with Crippen molar-refractivity contribution >= 4 is 41.3 Å². The van der Waals surface area contributed by atoms with Crippen LogP contribution in [0.5, 0.6) is 0 Å². The Labute approximate surface area is 201 Å². The molecule has 13 nitrogen and oxygen atoms in total. The van der Waals surface area contributed by atoms with Crippen molar-refractivity contribution in [3.05, 3.63) is 35.4 Å². The Morgan fingerprint density at radius 1 is 1.52 bits per heavy atom. The molecule has 3 rings (SSSR count). The molecule has 2 amide bonds. The minimum absolute atomic E-state index is 0. The van der Waals surface area contributed by atoms with Crippen LogP contribution in [0.15, 0.2) is 44.4 Å². The summed E-state index contributed by atoms with van der Waals surface area (Å²) in [6, 6.07) is 1.48. The van der Waals surface area contributed by atoms with E-state index in [0.29, 0.717) is 0 Å². The summed E-state index contributed by atoms with van der Waals surface area (Å²) in [7, 11) is 1.25. The molecule has 0 aromatic carbocycles. The summed E-state index contributed by atoms with van der Waals surface area (Å²) < 4.78 is 10.0. The van der Waals surface area contributed by atoms with E-state index in [-0.39, 0.29) is 64.7 Å². The van der Waals surface area contributed by atoms with Gasteiger partial charge in [-0.1, -0.05) is 5.16 Å². The maximum absolute atomic E-state index is 12.6. The fraction of sp³-hybridized carbons (Fsp3) is 0.312. The number of nitrogens with two attached hydrogens (primary N) is 1. The fourth-order valence-electron chi connectivity index (χ4n) is 2.89. The number of carboxylic acids is 1. The molecule has 0 spiro atoms. The van der Waals surface area contributed by atoms with Gasteiger partial charge in [-0.3, -0.25) is 14.5 Å². The average molecular weight is 461 g/mol. The van der Waals surface area contributed by atoms with E-state index >= 15 is 0 Å². The quantitative estimate of drug-likeness (QED) is 0.0882. The number of carbonyl (C=O) groups excluding carboxylic acids is 3. The summed E-state index contributed by atoms with van der Waals surface area (Å²) in [4.78, 5) is 42.4. The molecule has 1 aromatic rings. The number of nitrogens with zero attached hydrogens (tertiary/aromatic N) is 3. The van der Waals surface area contributed by atoms with Crippen molar-refractivity contribution in [2.45, 2.75) is 11.4 Å². The van der Waals surface area contributed by atoms with Gasteiger partial charge in [-0.2, -0.15) is 0 Å². The predicted molar refractivity (Wildman–Crippen MR) is 98.7 cm³/mol. The number of β-lactam (4-membered cyclic amide) rings is 1. The normalized spacial score (nSPS) is 20.9. The van der Waals surface area contributed by atoms with E-state index in [4.69, 9.17) is 20.1 Å². The number of aliphatic carboxylic acids is 1. The van der Waals surface area contributed by atoms with Crippen LogP contribution in [-0.2, 0) is 24.0 Å². The first-order chi connectivity index (χ1) is 14.4. The number of nitrogens with one attached hydrogen (secondary N) is 1. The van der Waals surface area contributed by atoms with Crippen LogP contribution in [0.4, 0.5) is 0 Å². The zero-order valence-electron chi connectivity index (χ0n) is 16.4. The van der Waals surface area contributed by atoms with Gasteiger partial charge in [0, 0.05) is 11.3 Å². The van der Waals surface area contributed by atoms with Gasteiger partial charge in [0.05, 0.1) is 17.9 Å². The number of rotatable bonds is 7. The number of hydrogen-bond donors (Lipinski definition) is 3. The van der Waals surface area contributed by atoms with Gasteiger partial charge < -0.3 is 40.2 Å². The number of carbonyl (C=O) groups is 3. The van der Waals surface area contributed by atoms with E-state index in [0.717, 1.165) is 4.90 Å². The number of thioether (sulfide) groups is 1. The summed E-state index contributed by atoms with van der Waals surface area (Å²) >= 11 is 1.20. The summed E-state index contributed by atoms with van der Waals surface area (Å²) in [5.74, 6) is -2.69. The molecule has 2 atom stereocenters. The minimum Gasteiger partial charge on any atom is -0.543 e. The Hall–Kier alpha value is -2.68. The van der Waals surface area contributed by atoms with Gasteiger partial charge in [0.1, 0.15) is 25.1 Å². The second-order valence-electron chi connectivity index (χ2n) is 5.93. The number of fused-ring (bicyclic) bond motifs is 1. The molecule has 15 heteroatoms. The van der Waals surface area contributed by atoms with Gasteiger partial charge in [-0.25, -0.2) is 0 Å². The number of ether oxygens (including phenoxy) is 1. The molecule has 3 heterocycles. The Kier molecular flexibility index (Phi) is 8.38. The average Bonchev–Trinajstić information content (AvgIpc) is 3.27. The molecule has 1 fully saturated rings. The van der Waals surface area contributed by atoms with Gasteiger partial charge in [0.2, 0.25) is 5.71 Å². The first-order valence-corrected chi connectivity index (χ1v) is 9.38. The summed E-state index contributed by atoms with van der Waals surface area (Å²) in [6.45, 7) is -0.317. The third-order valence-corrected chi connectivity index (χ3v) is 5.51. The van der Waals surface area contributed by atoms with E-state index < -0.39 is 35.2 Å². The summed E-state index contributed by atoms with van der Waals surface area (Å²) in [5.41, 5.74) is 4.86. The van der Waals surface area contributed by atoms with Gasteiger partial charge in [-0.15, -0.1) is 11.8 Å². The number of carboxylic acid groups (broad SMARTS) is 1. The van der Waals surface area contributed by atoms with Crippen molar-refractivity contribution in [3.8, 4) is 0 Å². The van der Waals surface area contributed by atoms with Crippen molar-refractivity contribution in [2.75, 3.05) is 19.5 Å². The second-order valence-corrected chi connectivity index (χ2v) is 7.03. The third-order valence-electron chi connectivity index (χ3n) is 4.17. The van der Waals surface area contributed by atoms with Crippen molar-refractivity contribution in [1.29, 1.82) is 0 Å². The fourth-order valence-corrected chi connectivity index (χ4v) is 4.21. The molecule has 0 aliphatic carbocycles. The van der Waals surface area contributed by atoms with Crippen LogP contribution < -0.4 is 45.7 Å². The van der Waals surface area contributed by atoms with E-state index in [1.165, 1.54) is 31.2 Å². The maximum Gasteiger partial charge on any atom is 1.00 e. The van der Waals surface area contributed by atoms with Gasteiger partial charge in [0.15, 0.2) is 5.76 Å². The first kappa shape index (κ1) is 24.6. The van der Waals surface area contributed by atoms with Crippen LogP contribution >= 0.6 is 11.8 Å². The van der Waals surface area contributed by atoms with Crippen molar-refractivity contribution < 1.29 is 68.2 Å². The van der Waals surface area contributed by atoms with E-state index in [1.807, 2.05) is 0 Å². The van der Waals surface area contributed by atoms with Crippen molar-refractivity contribution in [1.82, 2.24) is 10.2 Å². The standard InChI is InChI=1S/C16H17N5O8S.Na/c1-27-20-9(8-3-2-4-28-8)12(22)18-10-13(23)21-11(15(24)25)7(6-30-14(10)21)5-29-16(17)19-26;/h2-4,10,14,26H,5-6H2,1H3,(H2,17,19)(H,18,22)(H,24,25);/q;+1/p-1/b20-9+;/t10-,14+;/m1./s1. The number of furan rings is 1. The number of hydrogen-bond acceptors (Lipinski definition) is 11. The Morgan fingerprint density at radius 2 is 2.26 bits per heavy atom. The van der Waals surface area contributed by atoms with Crippen LogP contribution in [0, 0.1) is 0 Å². The molecule has 2 aliphatic rings. The van der Waals surface area contributed by atoms with Crippen LogP contribution in [0.1, 0.15) is 5.76 Å². The predicted octanol–water partition coefficient (Wildman–Crippen LogP) is -5.24. The van der Waals surface area contributed by atoms with Crippen LogP contribution in [0.2, 0.25) is 0 Å². The number of amidine groups is 1. The van der Waals surface area contributed by atoms with E-state index in [9.17, 15) is 19.5 Å². The molecule has 31 heavy (non-hydrogen) atoms. The molecule has 160 valence electrons. The molecule has 0 unspecified atom stereocenters. The van der Waals surface area contributed by atoms with E-state index in [1.54, 1.807) is 6.07 Å².